The van der Waals surface area contributed by atoms with Gasteiger partial charge in [0.15, 0.2) is 0 Å². The van der Waals surface area contributed by atoms with Gasteiger partial charge in [-0.25, -0.2) is 0 Å². The second-order valence-corrected chi connectivity index (χ2v) is 3.20. The van der Waals surface area contributed by atoms with Crippen LogP contribution in [0, 0.1) is 5.92 Å². The number of carbonyl (C=O) groups is 1. The zero-order chi connectivity index (χ0) is 9.68. The van der Waals surface area contributed by atoms with Crippen LogP contribution in [0.25, 0.3) is 0 Å². The van der Waals surface area contributed by atoms with Crippen LogP contribution in [0.3, 0.4) is 0 Å². The van der Waals surface area contributed by atoms with Crippen molar-refractivity contribution in [2.45, 2.75) is 19.4 Å². The highest BCUT2D eigenvalue weighted by atomic mass is 16.5. The highest BCUT2D eigenvalue weighted by Crippen LogP contribution is 2.14. The standard InChI is InChI=1S/C9H17NO3/c1-3-13-9(11)7-4-8(12-2)6-10-5-7/h7-8,10H,3-6H2,1-2H3/t7-,8+/m0/s1. The van der Waals surface area contributed by atoms with Crippen LogP contribution >= 0.6 is 0 Å². The summed E-state index contributed by atoms with van der Waals surface area (Å²) in [7, 11) is 1.67. The molecule has 0 aliphatic carbocycles. The lowest BCUT2D eigenvalue weighted by molar-refractivity contribution is -0.150. The monoisotopic (exact) mass is 187 g/mol. The Hall–Kier alpha value is -0.610. The summed E-state index contributed by atoms with van der Waals surface area (Å²) >= 11 is 0. The van der Waals surface area contributed by atoms with E-state index in [1.807, 2.05) is 6.92 Å². The van der Waals surface area contributed by atoms with Crippen LogP contribution < -0.4 is 5.32 Å². The normalized spacial score (nSPS) is 28.5. The van der Waals surface area contributed by atoms with Gasteiger partial charge in [-0.3, -0.25) is 4.79 Å². The minimum absolute atomic E-state index is 0.0429. The number of piperidine rings is 1. The first-order chi connectivity index (χ1) is 6.27. The highest BCUT2D eigenvalue weighted by molar-refractivity contribution is 5.72. The third-order valence-corrected chi connectivity index (χ3v) is 2.26. The molecule has 0 aromatic rings. The summed E-state index contributed by atoms with van der Waals surface area (Å²) in [6.45, 7) is 3.81. The molecule has 13 heavy (non-hydrogen) atoms. The van der Waals surface area contributed by atoms with Gasteiger partial charge in [0.05, 0.1) is 18.6 Å². The maximum Gasteiger partial charge on any atom is 0.310 e. The van der Waals surface area contributed by atoms with Crippen molar-refractivity contribution in [3.05, 3.63) is 0 Å². The summed E-state index contributed by atoms with van der Waals surface area (Å²) in [5.41, 5.74) is 0. The molecule has 0 bridgehead atoms. The lowest BCUT2D eigenvalue weighted by Gasteiger charge is -2.27. The Morgan fingerprint density at radius 2 is 2.31 bits per heavy atom. The van der Waals surface area contributed by atoms with Gasteiger partial charge in [-0.2, -0.15) is 0 Å². The third-order valence-electron chi connectivity index (χ3n) is 2.26. The average molecular weight is 187 g/mol. The molecule has 0 aromatic heterocycles. The summed E-state index contributed by atoms with van der Waals surface area (Å²) in [6, 6.07) is 0. The second kappa shape index (κ2) is 5.19. The van der Waals surface area contributed by atoms with Gasteiger partial charge in [0.25, 0.3) is 0 Å². The van der Waals surface area contributed by atoms with Crippen molar-refractivity contribution < 1.29 is 14.3 Å². The van der Waals surface area contributed by atoms with Crippen LogP contribution in [-0.4, -0.2) is 38.9 Å². The van der Waals surface area contributed by atoms with Crippen molar-refractivity contribution in [2.24, 2.45) is 5.92 Å². The topological polar surface area (TPSA) is 47.6 Å². The van der Waals surface area contributed by atoms with Crippen LogP contribution in [0.4, 0.5) is 0 Å². The largest absolute Gasteiger partial charge is 0.466 e. The van der Waals surface area contributed by atoms with Crippen LogP contribution in [0.15, 0.2) is 0 Å². The Morgan fingerprint density at radius 3 is 2.92 bits per heavy atom. The van der Waals surface area contributed by atoms with Gasteiger partial charge < -0.3 is 14.8 Å². The molecule has 76 valence electrons. The van der Waals surface area contributed by atoms with E-state index in [2.05, 4.69) is 5.32 Å². The number of carbonyl (C=O) groups excluding carboxylic acids is 1. The molecular formula is C9H17NO3. The van der Waals surface area contributed by atoms with E-state index in [1.54, 1.807) is 7.11 Å². The molecule has 0 saturated carbocycles. The molecule has 0 aromatic carbocycles. The molecule has 1 aliphatic heterocycles. The molecule has 0 spiro atoms. The Balaban J connectivity index is 2.37. The van der Waals surface area contributed by atoms with Crippen molar-refractivity contribution in [3.63, 3.8) is 0 Å². The van der Waals surface area contributed by atoms with E-state index in [0.29, 0.717) is 13.2 Å². The van der Waals surface area contributed by atoms with E-state index in [9.17, 15) is 4.79 Å². The smallest absolute Gasteiger partial charge is 0.310 e. The fraction of sp³-hybridized carbons (Fsp3) is 0.889. The van der Waals surface area contributed by atoms with Crippen LogP contribution in [0.5, 0.6) is 0 Å². The van der Waals surface area contributed by atoms with E-state index < -0.39 is 0 Å². The van der Waals surface area contributed by atoms with E-state index in [0.717, 1.165) is 13.0 Å². The maximum absolute atomic E-state index is 11.3. The summed E-state index contributed by atoms with van der Waals surface area (Å²) < 4.78 is 10.1. The number of hydrogen-bond donors (Lipinski definition) is 1. The zero-order valence-corrected chi connectivity index (χ0v) is 8.21. The summed E-state index contributed by atoms with van der Waals surface area (Å²) in [6.07, 6.45) is 0.908. The average Bonchev–Trinajstić information content (AvgIpc) is 2.18. The van der Waals surface area contributed by atoms with Crippen LogP contribution in [0.2, 0.25) is 0 Å². The molecule has 4 heteroatoms. The second-order valence-electron chi connectivity index (χ2n) is 3.20. The molecule has 1 heterocycles. The van der Waals surface area contributed by atoms with Crippen molar-refractivity contribution in [1.82, 2.24) is 5.32 Å². The fourth-order valence-electron chi connectivity index (χ4n) is 1.52. The SMILES string of the molecule is CCOC(=O)[C@@H]1CNC[C@H](OC)C1. The Kier molecular flexibility index (Phi) is 4.18. The summed E-state index contributed by atoms with van der Waals surface area (Å²) in [4.78, 5) is 11.3. The van der Waals surface area contributed by atoms with Crippen LogP contribution in [0.1, 0.15) is 13.3 Å². The third kappa shape index (κ3) is 2.97. The molecule has 1 N–H and O–H groups in total. The number of ether oxygens (including phenoxy) is 2. The lowest BCUT2D eigenvalue weighted by atomic mass is 9.98. The molecule has 0 amide bonds. The van der Waals surface area contributed by atoms with Gasteiger partial charge in [0.2, 0.25) is 0 Å². The van der Waals surface area contributed by atoms with E-state index >= 15 is 0 Å². The predicted octanol–water partition coefficient (Wildman–Crippen LogP) is 0.174. The highest BCUT2D eigenvalue weighted by Gasteiger charge is 2.27. The quantitative estimate of drug-likeness (QED) is 0.640. The Bertz CT molecular complexity index is 172. The molecule has 1 fully saturated rings. The number of esters is 1. The number of nitrogens with one attached hydrogen (secondary N) is 1. The molecule has 0 unspecified atom stereocenters. The van der Waals surface area contributed by atoms with E-state index in [-0.39, 0.29) is 18.0 Å². The van der Waals surface area contributed by atoms with Gasteiger partial charge in [0, 0.05) is 20.2 Å². The predicted molar refractivity (Wildman–Crippen MR) is 48.4 cm³/mol. The van der Waals surface area contributed by atoms with Crippen LogP contribution in [-0.2, 0) is 14.3 Å². The van der Waals surface area contributed by atoms with E-state index in [1.165, 1.54) is 0 Å². The van der Waals surface area contributed by atoms with Gasteiger partial charge in [0.1, 0.15) is 0 Å². The fourth-order valence-corrected chi connectivity index (χ4v) is 1.52. The molecular weight excluding hydrogens is 170 g/mol. The minimum Gasteiger partial charge on any atom is -0.466 e. The number of methoxy groups -OCH3 is 1. The van der Waals surface area contributed by atoms with Crippen molar-refractivity contribution in [1.29, 1.82) is 0 Å². The van der Waals surface area contributed by atoms with Crippen molar-refractivity contribution in [2.75, 3.05) is 26.8 Å². The van der Waals surface area contributed by atoms with Gasteiger partial charge in [-0.05, 0) is 13.3 Å². The van der Waals surface area contributed by atoms with Gasteiger partial charge in [-0.15, -0.1) is 0 Å². The summed E-state index contributed by atoms with van der Waals surface area (Å²) in [5, 5.41) is 3.15. The number of hydrogen-bond acceptors (Lipinski definition) is 4. The molecule has 1 saturated heterocycles. The molecule has 1 aliphatic rings. The first-order valence-corrected chi connectivity index (χ1v) is 4.68. The zero-order valence-electron chi connectivity index (χ0n) is 8.21. The Labute approximate surface area is 78.6 Å². The van der Waals surface area contributed by atoms with Crippen molar-refractivity contribution in [3.8, 4) is 0 Å². The van der Waals surface area contributed by atoms with Gasteiger partial charge in [-0.1, -0.05) is 0 Å². The first-order valence-electron chi connectivity index (χ1n) is 4.68. The maximum atomic E-state index is 11.3. The minimum atomic E-state index is -0.114. The molecule has 1 rings (SSSR count). The summed E-state index contributed by atoms with van der Waals surface area (Å²) in [5.74, 6) is -0.157. The molecule has 0 radical (unpaired) electrons. The van der Waals surface area contributed by atoms with E-state index in [4.69, 9.17) is 9.47 Å². The van der Waals surface area contributed by atoms with Gasteiger partial charge >= 0.3 is 5.97 Å². The number of rotatable bonds is 3. The first kappa shape index (κ1) is 10.5. The molecule has 2 atom stereocenters. The lowest BCUT2D eigenvalue weighted by Crippen LogP contribution is -2.43. The van der Waals surface area contributed by atoms with Crippen molar-refractivity contribution >= 4 is 5.97 Å². The Morgan fingerprint density at radius 1 is 1.54 bits per heavy atom. The molecule has 4 nitrogen and oxygen atoms in total.